The van der Waals surface area contributed by atoms with Crippen molar-refractivity contribution in [2.45, 2.75) is 44.7 Å². The third-order valence-corrected chi connectivity index (χ3v) is 4.90. The number of aromatic nitrogens is 1. The van der Waals surface area contributed by atoms with E-state index in [4.69, 9.17) is 5.73 Å². The molecule has 116 valence electrons. The van der Waals surface area contributed by atoms with Crippen molar-refractivity contribution in [1.29, 1.82) is 0 Å². The predicted octanol–water partition coefficient (Wildman–Crippen LogP) is 1.96. The fourth-order valence-electron chi connectivity index (χ4n) is 3.30. The molecule has 1 aliphatic carbocycles. The minimum Gasteiger partial charge on any atom is -0.397 e. The summed E-state index contributed by atoms with van der Waals surface area (Å²) in [6.07, 6.45) is 6.36. The molecule has 2 N–H and O–H groups in total. The SMILES string of the molecule is CCN1CCC(N(C)C(=O)c2cc(N)cn2C2CC2)CC1. The van der Waals surface area contributed by atoms with E-state index in [9.17, 15) is 4.79 Å². The zero-order valence-electron chi connectivity index (χ0n) is 13.1. The van der Waals surface area contributed by atoms with Gasteiger partial charge in [-0.25, -0.2) is 0 Å². The van der Waals surface area contributed by atoms with Gasteiger partial charge in [0.15, 0.2) is 0 Å². The fourth-order valence-corrected chi connectivity index (χ4v) is 3.30. The smallest absolute Gasteiger partial charge is 0.270 e. The lowest BCUT2D eigenvalue weighted by molar-refractivity contribution is 0.0636. The van der Waals surface area contributed by atoms with E-state index < -0.39 is 0 Å². The normalized spacial score (nSPS) is 20.7. The lowest BCUT2D eigenvalue weighted by Crippen LogP contribution is -2.45. The van der Waals surface area contributed by atoms with Crippen LogP contribution in [-0.4, -0.2) is 53.0 Å². The number of carbonyl (C=O) groups excluding carboxylic acids is 1. The van der Waals surface area contributed by atoms with Gasteiger partial charge >= 0.3 is 0 Å². The van der Waals surface area contributed by atoms with Crippen molar-refractivity contribution in [3.63, 3.8) is 0 Å². The molecule has 2 fully saturated rings. The van der Waals surface area contributed by atoms with Crippen LogP contribution >= 0.6 is 0 Å². The Morgan fingerprint density at radius 1 is 1.33 bits per heavy atom. The highest BCUT2D eigenvalue weighted by Crippen LogP contribution is 2.37. The maximum absolute atomic E-state index is 12.8. The Hall–Kier alpha value is -1.49. The third-order valence-electron chi connectivity index (χ3n) is 4.90. The molecular weight excluding hydrogens is 264 g/mol. The molecule has 0 spiro atoms. The largest absolute Gasteiger partial charge is 0.397 e. The van der Waals surface area contributed by atoms with Crippen LogP contribution in [0.3, 0.4) is 0 Å². The first-order valence-electron chi connectivity index (χ1n) is 8.07. The third kappa shape index (κ3) is 2.93. The van der Waals surface area contributed by atoms with Crippen LogP contribution in [0.4, 0.5) is 5.69 Å². The van der Waals surface area contributed by atoms with E-state index in [0.717, 1.165) is 51.0 Å². The summed E-state index contributed by atoms with van der Waals surface area (Å²) in [7, 11) is 1.94. The molecule has 1 saturated heterocycles. The summed E-state index contributed by atoms with van der Waals surface area (Å²) in [6.45, 7) is 5.47. The Labute approximate surface area is 126 Å². The highest BCUT2D eigenvalue weighted by molar-refractivity contribution is 5.94. The van der Waals surface area contributed by atoms with Crippen LogP contribution < -0.4 is 5.73 Å². The van der Waals surface area contributed by atoms with Gasteiger partial charge in [-0.3, -0.25) is 4.79 Å². The lowest BCUT2D eigenvalue weighted by atomic mass is 10.0. The average molecular weight is 290 g/mol. The first-order valence-corrected chi connectivity index (χ1v) is 8.07. The molecular formula is C16H26N4O. The molecule has 0 radical (unpaired) electrons. The number of rotatable bonds is 4. The fraction of sp³-hybridized carbons (Fsp3) is 0.688. The van der Waals surface area contributed by atoms with Crippen LogP contribution in [0.5, 0.6) is 0 Å². The summed E-state index contributed by atoms with van der Waals surface area (Å²) in [5.74, 6) is 0.119. The number of piperidine rings is 1. The van der Waals surface area contributed by atoms with Crippen molar-refractivity contribution >= 4 is 11.6 Å². The second-order valence-corrected chi connectivity index (χ2v) is 6.38. The maximum atomic E-state index is 12.8. The van der Waals surface area contributed by atoms with E-state index in [1.165, 1.54) is 0 Å². The monoisotopic (exact) mass is 290 g/mol. The van der Waals surface area contributed by atoms with Gasteiger partial charge in [-0.1, -0.05) is 6.92 Å². The molecule has 0 unspecified atom stereocenters. The van der Waals surface area contributed by atoms with E-state index in [-0.39, 0.29) is 5.91 Å². The number of amides is 1. The predicted molar refractivity (Wildman–Crippen MR) is 84.3 cm³/mol. The van der Waals surface area contributed by atoms with E-state index in [1.807, 2.05) is 24.2 Å². The zero-order chi connectivity index (χ0) is 15.0. The van der Waals surface area contributed by atoms with Crippen LogP contribution in [0.25, 0.3) is 0 Å². The van der Waals surface area contributed by atoms with Crippen molar-refractivity contribution in [1.82, 2.24) is 14.4 Å². The van der Waals surface area contributed by atoms with Gasteiger partial charge in [0.2, 0.25) is 0 Å². The number of hydrogen-bond acceptors (Lipinski definition) is 3. The number of hydrogen-bond donors (Lipinski definition) is 1. The Balaban J connectivity index is 1.70. The zero-order valence-corrected chi connectivity index (χ0v) is 13.1. The quantitative estimate of drug-likeness (QED) is 0.922. The number of nitrogens with zero attached hydrogens (tertiary/aromatic N) is 3. The second kappa shape index (κ2) is 5.72. The van der Waals surface area contributed by atoms with Crippen LogP contribution in [0, 0.1) is 0 Å². The molecule has 0 atom stereocenters. The summed E-state index contributed by atoms with van der Waals surface area (Å²) in [5.41, 5.74) is 7.35. The topological polar surface area (TPSA) is 54.5 Å². The van der Waals surface area contributed by atoms with Gasteiger partial charge in [0.25, 0.3) is 5.91 Å². The second-order valence-electron chi connectivity index (χ2n) is 6.38. The highest BCUT2D eigenvalue weighted by Gasteiger charge is 2.31. The molecule has 5 nitrogen and oxygen atoms in total. The van der Waals surface area contributed by atoms with Gasteiger partial charge in [0.05, 0.1) is 5.69 Å². The molecule has 1 saturated carbocycles. The van der Waals surface area contributed by atoms with Gasteiger partial charge in [0, 0.05) is 38.4 Å². The molecule has 1 amide bonds. The molecule has 2 heterocycles. The summed E-state index contributed by atoms with van der Waals surface area (Å²) in [6, 6.07) is 2.67. The molecule has 21 heavy (non-hydrogen) atoms. The molecule has 1 aliphatic heterocycles. The van der Waals surface area contributed by atoms with Crippen molar-refractivity contribution in [2.24, 2.45) is 0 Å². The van der Waals surface area contributed by atoms with E-state index in [0.29, 0.717) is 17.8 Å². The van der Waals surface area contributed by atoms with E-state index in [1.54, 1.807) is 0 Å². The van der Waals surface area contributed by atoms with Crippen molar-refractivity contribution in [2.75, 3.05) is 32.4 Å². The summed E-state index contributed by atoms with van der Waals surface area (Å²) >= 11 is 0. The highest BCUT2D eigenvalue weighted by atomic mass is 16.2. The van der Waals surface area contributed by atoms with Gasteiger partial charge in [-0.2, -0.15) is 0 Å². The van der Waals surface area contributed by atoms with Gasteiger partial charge in [-0.05, 0) is 38.3 Å². The van der Waals surface area contributed by atoms with Crippen LogP contribution in [0.2, 0.25) is 0 Å². The number of likely N-dealkylation sites (tertiary alicyclic amines) is 1. The standard InChI is InChI=1S/C16H26N4O/c1-3-19-8-6-13(7-9-19)18(2)16(21)15-10-12(17)11-20(15)14-4-5-14/h10-11,13-14H,3-9,17H2,1-2H3. The van der Waals surface area contributed by atoms with Crippen molar-refractivity contribution in [3.05, 3.63) is 18.0 Å². The minimum atomic E-state index is 0.119. The minimum absolute atomic E-state index is 0.119. The number of nitrogens with two attached hydrogens (primary N) is 1. The van der Waals surface area contributed by atoms with E-state index in [2.05, 4.69) is 16.4 Å². The van der Waals surface area contributed by atoms with Crippen molar-refractivity contribution < 1.29 is 4.79 Å². The van der Waals surface area contributed by atoms with Crippen LogP contribution in [-0.2, 0) is 0 Å². The average Bonchev–Trinajstić information content (AvgIpc) is 3.28. The lowest BCUT2D eigenvalue weighted by Gasteiger charge is -2.36. The Morgan fingerprint density at radius 3 is 2.57 bits per heavy atom. The summed E-state index contributed by atoms with van der Waals surface area (Å²) in [4.78, 5) is 17.2. The van der Waals surface area contributed by atoms with Gasteiger partial charge in [0.1, 0.15) is 5.69 Å². The maximum Gasteiger partial charge on any atom is 0.270 e. The van der Waals surface area contributed by atoms with Crippen molar-refractivity contribution in [3.8, 4) is 0 Å². The number of nitrogen functional groups attached to an aromatic ring is 1. The summed E-state index contributed by atoms with van der Waals surface area (Å²) < 4.78 is 2.08. The van der Waals surface area contributed by atoms with Gasteiger partial charge in [-0.15, -0.1) is 0 Å². The molecule has 1 aromatic heterocycles. The number of carbonyl (C=O) groups is 1. The molecule has 5 heteroatoms. The Morgan fingerprint density at radius 2 is 2.00 bits per heavy atom. The van der Waals surface area contributed by atoms with E-state index >= 15 is 0 Å². The van der Waals surface area contributed by atoms with Gasteiger partial charge < -0.3 is 20.1 Å². The van der Waals surface area contributed by atoms with Crippen LogP contribution in [0.15, 0.2) is 12.3 Å². The van der Waals surface area contributed by atoms with Crippen LogP contribution in [0.1, 0.15) is 49.1 Å². The first-order chi connectivity index (χ1) is 10.1. The molecule has 1 aromatic rings. The first kappa shape index (κ1) is 14.4. The Kier molecular flexibility index (Phi) is 3.93. The number of anilines is 1. The molecule has 0 bridgehead atoms. The Bertz CT molecular complexity index is 512. The molecule has 0 aromatic carbocycles. The molecule has 2 aliphatic rings. The summed E-state index contributed by atoms with van der Waals surface area (Å²) in [5, 5.41) is 0. The molecule has 3 rings (SSSR count).